The third kappa shape index (κ3) is 3.82. The maximum absolute atomic E-state index is 9.00. The summed E-state index contributed by atoms with van der Waals surface area (Å²) < 4.78 is 4.79. The van der Waals surface area contributed by atoms with Gasteiger partial charge in [-0.2, -0.15) is 4.98 Å². The van der Waals surface area contributed by atoms with E-state index in [4.69, 9.17) is 14.7 Å². The molecule has 0 aliphatic heterocycles. The molecule has 1 aromatic rings. The zero-order chi connectivity index (χ0) is 10.4. The Labute approximate surface area is 81.9 Å². The van der Waals surface area contributed by atoms with Gasteiger partial charge in [-0.05, 0) is 0 Å². The molecule has 0 spiro atoms. The van der Waals surface area contributed by atoms with Gasteiger partial charge in [0.2, 0.25) is 5.89 Å². The third-order valence-corrected chi connectivity index (χ3v) is 1.69. The SMILES string of the molecule is Cc1nc(CCNCC(O)CO)no1. The highest BCUT2D eigenvalue weighted by atomic mass is 16.5. The Kier molecular flexibility index (Phi) is 4.51. The number of aliphatic hydroxyl groups excluding tert-OH is 2. The monoisotopic (exact) mass is 201 g/mol. The number of nitrogens with one attached hydrogen (secondary N) is 1. The maximum Gasteiger partial charge on any atom is 0.223 e. The van der Waals surface area contributed by atoms with Crippen molar-refractivity contribution in [2.24, 2.45) is 0 Å². The van der Waals surface area contributed by atoms with Crippen molar-refractivity contribution in [3.05, 3.63) is 11.7 Å². The Hall–Kier alpha value is -0.980. The van der Waals surface area contributed by atoms with Crippen molar-refractivity contribution in [3.63, 3.8) is 0 Å². The average molecular weight is 201 g/mol. The maximum atomic E-state index is 9.00. The van der Waals surface area contributed by atoms with E-state index < -0.39 is 6.10 Å². The highest BCUT2D eigenvalue weighted by Crippen LogP contribution is 1.94. The molecule has 0 aliphatic rings. The molecule has 14 heavy (non-hydrogen) atoms. The normalized spacial score (nSPS) is 13.1. The first kappa shape index (κ1) is 11.1. The Bertz CT molecular complexity index is 264. The molecular weight excluding hydrogens is 186 g/mol. The Morgan fingerprint density at radius 3 is 2.93 bits per heavy atom. The Morgan fingerprint density at radius 2 is 2.36 bits per heavy atom. The van der Waals surface area contributed by atoms with Crippen LogP contribution in [0.3, 0.4) is 0 Å². The summed E-state index contributed by atoms with van der Waals surface area (Å²) in [7, 11) is 0. The van der Waals surface area contributed by atoms with Gasteiger partial charge in [-0.15, -0.1) is 0 Å². The standard InChI is InChI=1S/C8H15N3O3/c1-6-10-8(11-14-6)2-3-9-4-7(13)5-12/h7,9,12-13H,2-5H2,1H3. The van der Waals surface area contributed by atoms with E-state index in [1.807, 2.05) is 0 Å². The largest absolute Gasteiger partial charge is 0.394 e. The fourth-order valence-electron chi connectivity index (χ4n) is 0.976. The van der Waals surface area contributed by atoms with Crippen molar-refractivity contribution in [1.29, 1.82) is 0 Å². The van der Waals surface area contributed by atoms with Crippen LogP contribution in [0, 0.1) is 6.92 Å². The third-order valence-electron chi connectivity index (χ3n) is 1.69. The summed E-state index contributed by atoms with van der Waals surface area (Å²) in [6, 6.07) is 0. The van der Waals surface area contributed by atoms with Crippen LogP contribution in [-0.4, -0.2) is 46.2 Å². The van der Waals surface area contributed by atoms with Crippen LogP contribution in [0.25, 0.3) is 0 Å². The van der Waals surface area contributed by atoms with E-state index in [0.29, 0.717) is 31.2 Å². The average Bonchev–Trinajstić information content (AvgIpc) is 2.58. The number of rotatable bonds is 6. The van der Waals surface area contributed by atoms with Crippen molar-refractivity contribution < 1.29 is 14.7 Å². The second kappa shape index (κ2) is 5.69. The first-order valence-corrected chi connectivity index (χ1v) is 4.51. The predicted molar refractivity (Wildman–Crippen MR) is 48.7 cm³/mol. The quantitative estimate of drug-likeness (QED) is 0.504. The van der Waals surface area contributed by atoms with Crippen LogP contribution in [0.15, 0.2) is 4.52 Å². The molecule has 0 fully saturated rings. The van der Waals surface area contributed by atoms with Gasteiger partial charge in [0.1, 0.15) is 0 Å². The highest BCUT2D eigenvalue weighted by Gasteiger charge is 2.03. The summed E-state index contributed by atoms with van der Waals surface area (Å²) in [6.07, 6.45) is -0.0582. The van der Waals surface area contributed by atoms with Gasteiger partial charge in [0.25, 0.3) is 0 Å². The molecule has 6 nitrogen and oxygen atoms in total. The summed E-state index contributed by atoms with van der Waals surface area (Å²) in [4.78, 5) is 4.02. The molecule has 1 rings (SSSR count). The Morgan fingerprint density at radius 1 is 1.57 bits per heavy atom. The number of hydrogen-bond donors (Lipinski definition) is 3. The van der Waals surface area contributed by atoms with E-state index in [0.717, 1.165) is 0 Å². The van der Waals surface area contributed by atoms with Gasteiger partial charge < -0.3 is 20.1 Å². The molecule has 6 heteroatoms. The van der Waals surface area contributed by atoms with Crippen LogP contribution in [0.4, 0.5) is 0 Å². The highest BCUT2D eigenvalue weighted by molar-refractivity contribution is 4.84. The lowest BCUT2D eigenvalue weighted by atomic mass is 10.3. The molecule has 0 radical (unpaired) electrons. The zero-order valence-electron chi connectivity index (χ0n) is 8.10. The molecule has 0 aromatic carbocycles. The minimum absolute atomic E-state index is 0.228. The molecule has 1 heterocycles. The summed E-state index contributed by atoms with van der Waals surface area (Å²) in [5, 5.41) is 24.2. The second-order valence-corrected chi connectivity index (χ2v) is 3.02. The van der Waals surface area contributed by atoms with Gasteiger partial charge in [0.05, 0.1) is 12.7 Å². The number of aliphatic hydroxyl groups is 2. The molecular formula is C8H15N3O3. The molecule has 3 N–H and O–H groups in total. The molecule has 0 amide bonds. The van der Waals surface area contributed by atoms with E-state index in [-0.39, 0.29) is 6.61 Å². The Balaban J connectivity index is 2.10. The number of aryl methyl sites for hydroxylation is 1. The predicted octanol–water partition coefficient (Wildman–Crippen LogP) is -1.14. The number of hydrogen-bond acceptors (Lipinski definition) is 6. The molecule has 1 aromatic heterocycles. The lowest BCUT2D eigenvalue weighted by Crippen LogP contribution is -2.30. The van der Waals surface area contributed by atoms with E-state index in [2.05, 4.69) is 15.5 Å². The molecule has 1 atom stereocenters. The topological polar surface area (TPSA) is 91.4 Å². The summed E-state index contributed by atoms with van der Waals surface area (Å²) >= 11 is 0. The first-order valence-electron chi connectivity index (χ1n) is 4.51. The van der Waals surface area contributed by atoms with Crippen molar-refractivity contribution in [2.75, 3.05) is 19.7 Å². The van der Waals surface area contributed by atoms with Crippen molar-refractivity contribution in [1.82, 2.24) is 15.5 Å². The lowest BCUT2D eigenvalue weighted by Gasteiger charge is -2.06. The van der Waals surface area contributed by atoms with E-state index in [1.54, 1.807) is 6.92 Å². The lowest BCUT2D eigenvalue weighted by molar-refractivity contribution is 0.0946. The summed E-state index contributed by atoms with van der Waals surface area (Å²) in [5.41, 5.74) is 0. The van der Waals surface area contributed by atoms with Crippen LogP contribution < -0.4 is 5.32 Å². The van der Waals surface area contributed by atoms with Gasteiger partial charge >= 0.3 is 0 Å². The molecule has 1 unspecified atom stereocenters. The van der Waals surface area contributed by atoms with Crippen LogP contribution in [-0.2, 0) is 6.42 Å². The van der Waals surface area contributed by atoms with E-state index in [9.17, 15) is 0 Å². The zero-order valence-corrected chi connectivity index (χ0v) is 8.10. The van der Waals surface area contributed by atoms with E-state index >= 15 is 0 Å². The van der Waals surface area contributed by atoms with Crippen LogP contribution in [0.5, 0.6) is 0 Å². The fraction of sp³-hybridized carbons (Fsp3) is 0.750. The number of nitrogens with zero attached hydrogens (tertiary/aromatic N) is 2. The molecule has 0 saturated heterocycles. The van der Waals surface area contributed by atoms with Crippen molar-refractivity contribution in [2.45, 2.75) is 19.4 Å². The van der Waals surface area contributed by atoms with Gasteiger partial charge in [-0.25, -0.2) is 0 Å². The van der Waals surface area contributed by atoms with Crippen LogP contribution in [0.1, 0.15) is 11.7 Å². The van der Waals surface area contributed by atoms with Crippen molar-refractivity contribution in [3.8, 4) is 0 Å². The molecule has 0 saturated carbocycles. The van der Waals surface area contributed by atoms with Crippen LogP contribution in [0.2, 0.25) is 0 Å². The minimum atomic E-state index is -0.706. The van der Waals surface area contributed by atoms with E-state index in [1.165, 1.54) is 0 Å². The van der Waals surface area contributed by atoms with Gasteiger partial charge in [-0.3, -0.25) is 0 Å². The smallest absolute Gasteiger partial charge is 0.223 e. The second-order valence-electron chi connectivity index (χ2n) is 3.02. The fourth-order valence-corrected chi connectivity index (χ4v) is 0.976. The molecule has 0 bridgehead atoms. The summed E-state index contributed by atoms with van der Waals surface area (Å²) in [6.45, 7) is 2.52. The van der Waals surface area contributed by atoms with Gasteiger partial charge in [-0.1, -0.05) is 5.16 Å². The van der Waals surface area contributed by atoms with Crippen molar-refractivity contribution >= 4 is 0 Å². The minimum Gasteiger partial charge on any atom is -0.394 e. The number of aromatic nitrogens is 2. The van der Waals surface area contributed by atoms with Crippen LogP contribution >= 0.6 is 0 Å². The molecule has 80 valence electrons. The summed E-state index contributed by atoms with van der Waals surface area (Å²) in [5.74, 6) is 1.20. The van der Waals surface area contributed by atoms with Gasteiger partial charge in [0, 0.05) is 26.4 Å². The first-order chi connectivity index (χ1) is 6.72. The molecule has 0 aliphatic carbocycles. The van der Waals surface area contributed by atoms with Gasteiger partial charge in [0.15, 0.2) is 5.82 Å².